The van der Waals surface area contributed by atoms with Crippen molar-refractivity contribution in [3.8, 4) is 22.7 Å². The smallest absolute Gasteiger partial charge is 0.263 e. The highest BCUT2D eigenvalue weighted by atomic mass is 35.5. The summed E-state index contributed by atoms with van der Waals surface area (Å²) in [6.07, 6.45) is 6.48. The van der Waals surface area contributed by atoms with Gasteiger partial charge in [-0.25, -0.2) is 4.98 Å². The fraction of sp³-hybridized carbons (Fsp3) is 0.290. The summed E-state index contributed by atoms with van der Waals surface area (Å²) in [5.74, 6) is 1.40. The molecular formula is C31H29ClN2O2S. The van der Waals surface area contributed by atoms with Gasteiger partial charge in [-0.05, 0) is 54.7 Å². The highest BCUT2D eigenvalue weighted by Crippen LogP contribution is 2.49. The zero-order valence-corrected chi connectivity index (χ0v) is 22.4. The van der Waals surface area contributed by atoms with Gasteiger partial charge in [0.1, 0.15) is 5.75 Å². The van der Waals surface area contributed by atoms with E-state index in [1.165, 1.54) is 12.0 Å². The lowest BCUT2D eigenvalue weighted by atomic mass is 9.62. The van der Waals surface area contributed by atoms with Gasteiger partial charge in [-0.3, -0.25) is 9.36 Å². The van der Waals surface area contributed by atoms with E-state index >= 15 is 0 Å². The second-order valence-electron chi connectivity index (χ2n) is 10.1. The number of rotatable bonds is 5. The molecule has 0 bridgehead atoms. The Balaban J connectivity index is 1.57. The maximum Gasteiger partial charge on any atom is 0.263 e. The number of benzene rings is 3. The molecule has 2 aliphatic carbocycles. The minimum Gasteiger partial charge on any atom is -0.497 e. The lowest BCUT2D eigenvalue weighted by Crippen LogP contribution is -2.42. The number of hydrogen-bond donors (Lipinski definition) is 0. The van der Waals surface area contributed by atoms with E-state index in [9.17, 15) is 4.79 Å². The third-order valence-electron chi connectivity index (χ3n) is 7.79. The number of aromatic nitrogens is 2. The molecule has 37 heavy (non-hydrogen) atoms. The summed E-state index contributed by atoms with van der Waals surface area (Å²) in [6.45, 7) is 0. The Labute approximate surface area is 226 Å². The lowest BCUT2D eigenvalue weighted by molar-refractivity contribution is 0.283. The van der Waals surface area contributed by atoms with Crippen LogP contribution in [0.2, 0.25) is 5.02 Å². The van der Waals surface area contributed by atoms with Crippen molar-refractivity contribution in [1.82, 2.24) is 9.55 Å². The van der Waals surface area contributed by atoms with Crippen LogP contribution in [0.5, 0.6) is 5.75 Å². The van der Waals surface area contributed by atoms with Crippen molar-refractivity contribution in [2.24, 2.45) is 0 Å². The zero-order chi connectivity index (χ0) is 25.4. The van der Waals surface area contributed by atoms with Crippen molar-refractivity contribution in [3.63, 3.8) is 0 Å². The number of ether oxygens (including phenoxy) is 1. The van der Waals surface area contributed by atoms with Crippen LogP contribution < -0.4 is 10.3 Å². The second kappa shape index (κ2) is 10.0. The second-order valence-corrected chi connectivity index (χ2v) is 11.4. The van der Waals surface area contributed by atoms with Gasteiger partial charge in [0, 0.05) is 27.8 Å². The Morgan fingerprint density at radius 2 is 1.78 bits per heavy atom. The average Bonchev–Trinajstić information content (AvgIpc) is 2.93. The number of nitrogens with zero attached hydrogens (tertiary/aromatic N) is 2. The molecule has 6 rings (SSSR count). The summed E-state index contributed by atoms with van der Waals surface area (Å²) in [5.41, 5.74) is 5.95. The van der Waals surface area contributed by atoms with E-state index < -0.39 is 0 Å². The van der Waals surface area contributed by atoms with Crippen LogP contribution in [0.15, 0.2) is 82.7 Å². The van der Waals surface area contributed by atoms with E-state index in [0.717, 1.165) is 60.2 Å². The fourth-order valence-corrected chi connectivity index (χ4v) is 7.08. The number of fused-ring (bicyclic) bond motifs is 4. The molecule has 3 aromatic carbocycles. The standard InChI is InChI=1S/C31H29ClN2O2S/c1-36-25-10-7-9-24(18-25)34-29(35)27-28(33-30(34)37-20-21-12-14-23(32)15-13-21)26-11-4-3-8-22(26)19-31(27)16-5-2-6-17-31/h3-4,7-15,18H,2,5-6,16-17,19-20H2,1H3. The summed E-state index contributed by atoms with van der Waals surface area (Å²) in [4.78, 5) is 19.9. The highest BCUT2D eigenvalue weighted by molar-refractivity contribution is 7.98. The molecule has 188 valence electrons. The van der Waals surface area contributed by atoms with Gasteiger partial charge in [0.05, 0.1) is 24.1 Å². The first-order chi connectivity index (χ1) is 18.1. The molecule has 0 saturated heterocycles. The monoisotopic (exact) mass is 528 g/mol. The van der Waals surface area contributed by atoms with Crippen molar-refractivity contribution in [2.45, 2.75) is 54.8 Å². The Morgan fingerprint density at radius 3 is 2.57 bits per heavy atom. The van der Waals surface area contributed by atoms with E-state index in [4.69, 9.17) is 21.3 Å². The third-order valence-corrected chi connectivity index (χ3v) is 9.05. The summed E-state index contributed by atoms with van der Waals surface area (Å²) in [6, 6.07) is 24.1. The van der Waals surface area contributed by atoms with Crippen LogP contribution in [0, 0.1) is 0 Å². The molecule has 0 atom stereocenters. The molecule has 1 aromatic heterocycles. The molecule has 0 N–H and O–H groups in total. The Bertz CT molecular complexity index is 1510. The quantitative estimate of drug-likeness (QED) is 0.197. The third kappa shape index (κ3) is 4.49. The Hall–Kier alpha value is -3.02. The SMILES string of the molecule is COc1cccc(-n2c(SCc3ccc(Cl)cc3)nc3c(c2=O)C2(CCCCC2)Cc2ccccc2-3)c1. The summed E-state index contributed by atoms with van der Waals surface area (Å²) in [7, 11) is 1.65. The Kier molecular flexibility index (Phi) is 6.60. The van der Waals surface area contributed by atoms with Gasteiger partial charge in [0.25, 0.3) is 5.56 Å². The van der Waals surface area contributed by atoms with E-state index in [2.05, 4.69) is 24.3 Å². The number of thioether (sulfide) groups is 1. The van der Waals surface area contributed by atoms with Gasteiger partial charge in [-0.15, -0.1) is 0 Å². The van der Waals surface area contributed by atoms with Gasteiger partial charge in [0.15, 0.2) is 5.16 Å². The molecule has 4 nitrogen and oxygen atoms in total. The summed E-state index contributed by atoms with van der Waals surface area (Å²) in [5, 5.41) is 1.40. The van der Waals surface area contributed by atoms with Crippen LogP contribution >= 0.6 is 23.4 Å². The minimum atomic E-state index is -0.161. The topological polar surface area (TPSA) is 44.1 Å². The van der Waals surface area contributed by atoms with Gasteiger partial charge in [-0.2, -0.15) is 0 Å². The van der Waals surface area contributed by atoms with Gasteiger partial charge >= 0.3 is 0 Å². The van der Waals surface area contributed by atoms with Crippen LogP contribution in [0.3, 0.4) is 0 Å². The number of halogens is 1. The predicted octanol–water partition coefficient (Wildman–Crippen LogP) is 7.61. The molecule has 2 aliphatic rings. The first-order valence-corrected chi connectivity index (χ1v) is 14.2. The van der Waals surface area contributed by atoms with Crippen LogP contribution in [0.25, 0.3) is 16.9 Å². The van der Waals surface area contributed by atoms with E-state index in [1.807, 2.05) is 53.1 Å². The fourth-order valence-electron chi connectivity index (χ4n) is 5.99. The van der Waals surface area contributed by atoms with Gasteiger partial charge < -0.3 is 4.74 Å². The average molecular weight is 529 g/mol. The maximum atomic E-state index is 14.6. The first-order valence-electron chi connectivity index (χ1n) is 12.9. The van der Waals surface area contributed by atoms with Gasteiger partial charge in [-0.1, -0.05) is 85.1 Å². The minimum absolute atomic E-state index is 0.0493. The maximum absolute atomic E-state index is 14.6. The molecule has 0 aliphatic heterocycles. The van der Waals surface area contributed by atoms with Crippen LogP contribution in [-0.2, 0) is 17.6 Å². The molecule has 0 radical (unpaired) electrons. The molecule has 4 aromatic rings. The molecule has 0 unspecified atom stereocenters. The molecule has 1 fully saturated rings. The Morgan fingerprint density at radius 1 is 1.00 bits per heavy atom. The normalized spacial score (nSPS) is 15.7. The van der Waals surface area contributed by atoms with E-state index in [-0.39, 0.29) is 11.0 Å². The van der Waals surface area contributed by atoms with Gasteiger partial charge in [0.2, 0.25) is 0 Å². The molecular weight excluding hydrogens is 500 g/mol. The van der Waals surface area contributed by atoms with E-state index in [0.29, 0.717) is 21.7 Å². The first kappa shape index (κ1) is 24.3. The summed E-state index contributed by atoms with van der Waals surface area (Å²) < 4.78 is 7.32. The predicted molar refractivity (Wildman–Crippen MR) is 151 cm³/mol. The van der Waals surface area contributed by atoms with Crippen molar-refractivity contribution in [2.75, 3.05) is 7.11 Å². The summed E-state index contributed by atoms with van der Waals surface area (Å²) >= 11 is 7.68. The van der Waals surface area contributed by atoms with E-state index in [1.54, 1.807) is 18.9 Å². The number of methoxy groups -OCH3 is 1. The molecule has 1 heterocycles. The van der Waals surface area contributed by atoms with Crippen LogP contribution in [-0.4, -0.2) is 16.7 Å². The number of hydrogen-bond acceptors (Lipinski definition) is 4. The van der Waals surface area contributed by atoms with Crippen molar-refractivity contribution >= 4 is 23.4 Å². The molecule has 1 saturated carbocycles. The van der Waals surface area contributed by atoms with Crippen molar-refractivity contribution in [3.05, 3.63) is 105 Å². The van der Waals surface area contributed by atoms with Crippen LogP contribution in [0.4, 0.5) is 0 Å². The molecule has 6 heteroatoms. The molecule has 1 spiro atoms. The highest BCUT2D eigenvalue weighted by Gasteiger charge is 2.43. The van der Waals surface area contributed by atoms with Crippen molar-refractivity contribution in [1.29, 1.82) is 0 Å². The zero-order valence-electron chi connectivity index (χ0n) is 20.9. The molecule has 0 amide bonds. The largest absolute Gasteiger partial charge is 0.497 e. The van der Waals surface area contributed by atoms with Crippen LogP contribution in [0.1, 0.15) is 48.8 Å². The van der Waals surface area contributed by atoms with Crippen molar-refractivity contribution < 1.29 is 4.74 Å². The lowest BCUT2D eigenvalue weighted by Gasteiger charge is -2.42.